The summed E-state index contributed by atoms with van der Waals surface area (Å²) in [5.41, 5.74) is 0.648. The fourth-order valence-corrected chi connectivity index (χ4v) is 13.1. The van der Waals surface area contributed by atoms with Crippen molar-refractivity contribution in [2.24, 2.45) is 5.92 Å². The molecule has 1 N–H and O–H groups in total. The Bertz CT molecular complexity index is 2090. The molecular weight excluding hydrogens is 776 g/mol. The predicted octanol–water partition coefficient (Wildman–Crippen LogP) is 8.37. The normalized spacial score (nSPS) is 16.4. The predicted molar refractivity (Wildman–Crippen MR) is 242 cm³/mol. The van der Waals surface area contributed by atoms with Gasteiger partial charge in [0.05, 0.1) is 18.1 Å². The molecule has 4 aromatic rings. The van der Waals surface area contributed by atoms with E-state index >= 15 is 9.59 Å². The minimum Gasteiger partial charge on any atom is -0.457 e. The van der Waals surface area contributed by atoms with Crippen LogP contribution in [0.1, 0.15) is 70.8 Å². The van der Waals surface area contributed by atoms with Gasteiger partial charge < -0.3 is 24.1 Å². The lowest BCUT2D eigenvalue weighted by molar-refractivity contribution is -0.156. The van der Waals surface area contributed by atoms with Crippen LogP contribution in [-0.2, 0) is 30.0 Å². The van der Waals surface area contributed by atoms with Crippen LogP contribution in [0.5, 0.6) is 0 Å². The number of amides is 2. The van der Waals surface area contributed by atoms with Crippen LogP contribution in [0.3, 0.4) is 0 Å². The maximum Gasteiger partial charge on any atom is 0.407 e. The van der Waals surface area contributed by atoms with Crippen molar-refractivity contribution < 1.29 is 33.1 Å². The van der Waals surface area contributed by atoms with Gasteiger partial charge in [-0.2, -0.15) is 0 Å². The number of hydrogen-bond donors (Lipinski definition) is 1. The van der Waals surface area contributed by atoms with E-state index in [1.54, 1.807) is 43.9 Å². The number of likely N-dealkylation sites (tertiary alicyclic amines) is 1. The van der Waals surface area contributed by atoms with Crippen molar-refractivity contribution >= 4 is 60.3 Å². The van der Waals surface area contributed by atoms with E-state index < -0.39 is 50.9 Å². The Labute approximate surface area is 351 Å². The Morgan fingerprint density at radius 1 is 0.831 bits per heavy atom. The molecule has 0 saturated carbocycles. The number of Topliss-reactive ketones (excluding diaryl/α,β-unsaturated/α-hetero) is 1. The van der Waals surface area contributed by atoms with Gasteiger partial charge in [0, 0.05) is 25.4 Å². The van der Waals surface area contributed by atoms with Crippen LogP contribution in [-0.4, -0.2) is 66.7 Å². The van der Waals surface area contributed by atoms with Gasteiger partial charge in [-0.25, -0.2) is 9.59 Å². The Hall–Kier alpha value is -5.02. The number of rotatable bonds is 15. The van der Waals surface area contributed by atoms with Crippen molar-refractivity contribution in [3.63, 3.8) is 0 Å². The second-order valence-corrected chi connectivity index (χ2v) is 25.5. The quantitative estimate of drug-likeness (QED) is 0.0320. The van der Waals surface area contributed by atoms with Crippen molar-refractivity contribution in [2.45, 2.75) is 97.3 Å². The molecule has 5 rings (SSSR count). The second kappa shape index (κ2) is 18.5. The van der Waals surface area contributed by atoms with Gasteiger partial charge in [-0.05, 0) is 73.4 Å². The van der Waals surface area contributed by atoms with Crippen LogP contribution in [0.15, 0.2) is 128 Å². The highest BCUT2D eigenvalue weighted by Gasteiger charge is 2.57. The molecule has 2 amide bonds. The molecule has 0 aromatic heterocycles. The standard InChI is InChI=1S/C48H59N2O7PSi/c1-11-30-55-45(53)44(58(37-24-15-12-16-25-37,38-26-17-13-18-27-38)39-28-19-14-20-29-39)50-40(42(43(50)52)34(2)57-59(9,10)48(6,7)8)32-41(51)36-23-21-22-35(31-36)33-49-46(54)56-47(3,4)5/h11-29,31,34,40,42H,1,30,32-33H2,2-10H3,(H,49,54)/t34-,40+,42+/m0/s1. The largest absolute Gasteiger partial charge is 0.457 e. The van der Waals surface area contributed by atoms with Gasteiger partial charge in [0.2, 0.25) is 5.91 Å². The first kappa shape index (κ1) is 45.1. The highest BCUT2D eigenvalue weighted by Crippen LogP contribution is 2.51. The maximum atomic E-state index is 15.2. The lowest BCUT2D eigenvalue weighted by Gasteiger charge is -2.53. The van der Waals surface area contributed by atoms with Gasteiger partial charge in [0.15, 0.2) is 14.1 Å². The SMILES string of the molecule is C=CCOC(=O)C(N1C(=O)[C@H]([C@H](C)O[Si](C)(C)C(C)(C)C)[C@H]1CC(=O)c1cccc(CNC(=O)OC(C)(C)C)c1)=P(c1ccccc1)(c1ccccc1)c1ccccc1. The molecule has 1 fully saturated rings. The molecule has 0 radical (unpaired) electrons. The van der Waals surface area contributed by atoms with Crippen molar-refractivity contribution in [1.29, 1.82) is 0 Å². The summed E-state index contributed by atoms with van der Waals surface area (Å²) in [5.74, 6) is -1.93. The molecule has 9 nitrogen and oxygen atoms in total. The average molecular weight is 835 g/mol. The van der Waals surface area contributed by atoms with Gasteiger partial charge in [-0.3, -0.25) is 9.59 Å². The van der Waals surface area contributed by atoms with E-state index in [1.807, 2.05) is 104 Å². The van der Waals surface area contributed by atoms with E-state index in [9.17, 15) is 9.59 Å². The summed E-state index contributed by atoms with van der Waals surface area (Å²) < 4.78 is 18.3. The van der Waals surface area contributed by atoms with Gasteiger partial charge in [0.25, 0.3) is 0 Å². The third-order valence-electron chi connectivity index (χ3n) is 11.0. The molecule has 312 valence electrons. The molecule has 0 bridgehead atoms. The summed E-state index contributed by atoms with van der Waals surface area (Å²) in [6.45, 7) is 18.6. The Balaban J connectivity index is 1.73. The number of alkyl carbamates (subject to hydrolysis) is 1. The van der Waals surface area contributed by atoms with Gasteiger partial charge in [0.1, 0.15) is 17.6 Å². The fourth-order valence-electron chi connectivity index (χ4n) is 7.29. The highest BCUT2D eigenvalue weighted by atomic mass is 31.2. The van der Waals surface area contributed by atoms with Crippen molar-refractivity contribution in [1.82, 2.24) is 10.2 Å². The number of β-lactam (4-membered cyclic amide) rings is 1. The number of carbonyl (C=O) groups excluding carboxylic acids is 4. The zero-order valence-electron chi connectivity index (χ0n) is 35.9. The smallest absolute Gasteiger partial charge is 0.407 e. The fraction of sp³-hybridized carbons (Fsp3) is 0.354. The number of ketones is 1. The van der Waals surface area contributed by atoms with Crippen molar-refractivity contribution in [3.8, 4) is 0 Å². The number of carbonyl (C=O) groups is 4. The van der Waals surface area contributed by atoms with Gasteiger partial charge in [-0.15, -0.1) is 0 Å². The van der Waals surface area contributed by atoms with Crippen LogP contribution in [0, 0.1) is 5.92 Å². The van der Waals surface area contributed by atoms with Crippen LogP contribution in [0.2, 0.25) is 18.1 Å². The Kier molecular flexibility index (Phi) is 14.1. The lowest BCUT2D eigenvalue weighted by Crippen LogP contribution is -2.69. The third kappa shape index (κ3) is 10.1. The number of hydrogen-bond acceptors (Lipinski definition) is 7. The van der Waals surface area contributed by atoms with Crippen molar-refractivity contribution in [2.75, 3.05) is 6.61 Å². The third-order valence-corrected chi connectivity index (χ3v) is 19.9. The van der Waals surface area contributed by atoms with E-state index in [1.165, 1.54) is 6.08 Å². The molecule has 3 atom stereocenters. The average Bonchev–Trinajstić information content (AvgIpc) is 3.19. The summed E-state index contributed by atoms with van der Waals surface area (Å²) in [6, 6.07) is 35.7. The topological polar surface area (TPSA) is 111 Å². The molecule has 0 unspecified atom stereocenters. The first-order valence-electron chi connectivity index (χ1n) is 20.1. The van der Waals surface area contributed by atoms with Crippen LogP contribution >= 0.6 is 6.89 Å². The molecule has 0 aliphatic carbocycles. The van der Waals surface area contributed by atoms with Crippen molar-refractivity contribution in [3.05, 3.63) is 139 Å². The maximum absolute atomic E-state index is 15.2. The zero-order chi connectivity index (χ0) is 43.2. The summed E-state index contributed by atoms with van der Waals surface area (Å²) >= 11 is 0. The van der Waals surface area contributed by atoms with Crippen LogP contribution in [0.25, 0.3) is 0 Å². The molecule has 59 heavy (non-hydrogen) atoms. The Morgan fingerprint density at radius 2 is 1.36 bits per heavy atom. The molecule has 11 heteroatoms. The first-order chi connectivity index (χ1) is 27.8. The molecule has 1 aliphatic rings. The second-order valence-electron chi connectivity index (χ2n) is 17.5. The first-order valence-corrected chi connectivity index (χ1v) is 24.8. The van der Waals surface area contributed by atoms with E-state index in [0.717, 1.165) is 15.9 Å². The van der Waals surface area contributed by atoms with E-state index in [2.05, 4.69) is 45.8 Å². The highest BCUT2D eigenvalue weighted by molar-refractivity contribution is 7.96. The summed E-state index contributed by atoms with van der Waals surface area (Å²) in [4.78, 5) is 58.8. The number of esters is 1. The lowest BCUT2D eigenvalue weighted by atomic mass is 9.79. The monoisotopic (exact) mass is 834 g/mol. The molecule has 1 heterocycles. The number of nitrogens with one attached hydrogen (secondary N) is 1. The summed E-state index contributed by atoms with van der Waals surface area (Å²) in [6.07, 6.45) is 0.279. The van der Waals surface area contributed by atoms with E-state index in [4.69, 9.17) is 13.9 Å². The molecular formula is C48H59N2O7PSi. The summed E-state index contributed by atoms with van der Waals surface area (Å²) in [7, 11) is -2.40. The Morgan fingerprint density at radius 3 is 1.83 bits per heavy atom. The minimum atomic E-state index is -3.22. The number of benzene rings is 4. The number of nitrogens with zero attached hydrogens (tertiary/aromatic N) is 1. The molecule has 1 saturated heterocycles. The summed E-state index contributed by atoms with van der Waals surface area (Å²) in [5, 5.41) is 5.16. The molecule has 4 aromatic carbocycles. The van der Waals surface area contributed by atoms with Crippen LogP contribution < -0.4 is 21.2 Å². The van der Waals surface area contributed by atoms with E-state index in [0.29, 0.717) is 11.1 Å². The zero-order valence-corrected chi connectivity index (χ0v) is 37.8. The molecule has 0 spiro atoms. The molecule has 1 aliphatic heterocycles. The van der Waals surface area contributed by atoms with Gasteiger partial charge in [-0.1, -0.05) is 143 Å². The van der Waals surface area contributed by atoms with Crippen LogP contribution in [0.4, 0.5) is 4.79 Å². The van der Waals surface area contributed by atoms with Gasteiger partial charge >= 0.3 is 12.1 Å². The number of ether oxygens (including phenoxy) is 2. The minimum absolute atomic E-state index is 0.0786. The van der Waals surface area contributed by atoms with E-state index in [-0.39, 0.29) is 41.7 Å².